The van der Waals surface area contributed by atoms with Gasteiger partial charge in [0.05, 0.1) is 22.1 Å². The number of fused-ring (bicyclic) bond motifs is 6. The molecule has 51 heavy (non-hydrogen) atoms. The summed E-state index contributed by atoms with van der Waals surface area (Å²) in [4.78, 5) is 1.24. The molecule has 0 spiro atoms. The van der Waals surface area contributed by atoms with Crippen LogP contribution < -0.4 is 4.90 Å². The number of nitrogens with zero attached hydrogens (tertiary/aromatic N) is 2. The van der Waals surface area contributed by atoms with Crippen molar-refractivity contribution in [3.8, 4) is 22.5 Å². The monoisotopic (exact) mass is 652 g/mol. The zero-order chi connectivity index (χ0) is 33.7. The SMILES string of the molecule is c1ccc(-n2c3ccccc3c3cc4c(cc32)c2cc(-c3ccc([NH+](c5ccccc5)c5ccccc5)cc3)ccc2n4-c2ccccc2)cc1. The molecule has 0 saturated heterocycles. The van der Waals surface area contributed by atoms with Crippen LogP contribution in [0, 0.1) is 0 Å². The second kappa shape index (κ2) is 12.0. The molecule has 2 aromatic heterocycles. The molecule has 240 valence electrons. The van der Waals surface area contributed by atoms with Gasteiger partial charge in [0, 0.05) is 45.1 Å². The average Bonchev–Trinajstić information content (AvgIpc) is 3.70. The summed E-state index contributed by atoms with van der Waals surface area (Å²) < 4.78 is 4.83. The van der Waals surface area contributed by atoms with Crippen molar-refractivity contribution in [3.63, 3.8) is 0 Å². The van der Waals surface area contributed by atoms with Crippen LogP contribution in [0.1, 0.15) is 0 Å². The van der Waals surface area contributed by atoms with Gasteiger partial charge in [0.15, 0.2) is 0 Å². The van der Waals surface area contributed by atoms with Crippen LogP contribution >= 0.6 is 0 Å². The molecule has 0 saturated carbocycles. The first-order valence-electron chi connectivity index (χ1n) is 17.5. The van der Waals surface area contributed by atoms with Gasteiger partial charge in [0.25, 0.3) is 0 Å². The standard InChI is InChI=1S/C48H33N3/c1-5-15-36(16-6-1)49(37-17-7-2-8-18-37)40-28-25-34(26-29-40)35-27-30-46-42(31-35)44-33-47-43(32-48(44)51(46)39-21-11-4-12-22-39)41-23-13-14-24-45(41)50(47)38-19-9-3-10-20-38/h1-33H/p+1. The fourth-order valence-electron chi connectivity index (χ4n) is 7.91. The minimum atomic E-state index is 1.16. The van der Waals surface area contributed by atoms with Gasteiger partial charge >= 0.3 is 0 Å². The Morgan fingerprint density at radius 2 is 0.686 bits per heavy atom. The number of rotatable bonds is 6. The summed E-state index contributed by atoms with van der Waals surface area (Å²) in [5.41, 5.74) is 13.2. The predicted molar refractivity (Wildman–Crippen MR) is 213 cm³/mol. The van der Waals surface area contributed by atoms with E-state index in [0.717, 1.165) is 11.4 Å². The van der Waals surface area contributed by atoms with Crippen molar-refractivity contribution in [1.82, 2.24) is 9.13 Å². The number of benzene rings is 8. The molecule has 0 amide bonds. The minimum absolute atomic E-state index is 1.16. The highest BCUT2D eigenvalue weighted by Gasteiger charge is 2.21. The molecule has 3 nitrogen and oxygen atoms in total. The Morgan fingerprint density at radius 3 is 1.25 bits per heavy atom. The van der Waals surface area contributed by atoms with Gasteiger partial charge in [-0.15, -0.1) is 0 Å². The number of aromatic nitrogens is 2. The molecule has 8 aromatic carbocycles. The van der Waals surface area contributed by atoms with Gasteiger partial charge in [-0.25, -0.2) is 4.90 Å². The summed E-state index contributed by atoms with van der Waals surface area (Å²) in [5, 5.41) is 4.99. The lowest BCUT2D eigenvalue weighted by Crippen LogP contribution is -2.96. The lowest BCUT2D eigenvalue weighted by atomic mass is 10.0. The highest BCUT2D eigenvalue weighted by atomic mass is 15.1. The number of nitrogens with one attached hydrogen (secondary N) is 1. The number of para-hydroxylation sites is 5. The molecule has 2 heterocycles. The molecular formula is C48H34N3+. The van der Waals surface area contributed by atoms with Crippen molar-refractivity contribution >= 4 is 60.7 Å². The van der Waals surface area contributed by atoms with Crippen LogP contribution in [-0.4, -0.2) is 9.13 Å². The normalized spacial score (nSPS) is 11.7. The van der Waals surface area contributed by atoms with E-state index >= 15 is 0 Å². The summed E-state index contributed by atoms with van der Waals surface area (Å²) in [6.45, 7) is 0. The second-order valence-corrected chi connectivity index (χ2v) is 13.2. The Bertz CT molecular complexity index is 2780. The smallest absolute Gasteiger partial charge is 0.141 e. The Hall–Kier alpha value is -6.68. The van der Waals surface area contributed by atoms with Gasteiger partial charge in [-0.2, -0.15) is 0 Å². The Kier molecular flexibility index (Phi) is 6.90. The average molecular weight is 653 g/mol. The molecule has 0 aliphatic heterocycles. The maximum Gasteiger partial charge on any atom is 0.141 e. The summed E-state index contributed by atoms with van der Waals surface area (Å²) in [6, 6.07) is 72.4. The van der Waals surface area contributed by atoms with E-state index in [4.69, 9.17) is 0 Å². The van der Waals surface area contributed by atoms with Crippen LogP contribution in [-0.2, 0) is 0 Å². The first kappa shape index (κ1) is 29.3. The first-order valence-corrected chi connectivity index (χ1v) is 17.5. The molecule has 0 aliphatic carbocycles. The topological polar surface area (TPSA) is 14.3 Å². The first-order chi connectivity index (χ1) is 25.3. The molecule has 3 heteroatoms. The molecule has 0 radical (unpaired) electrons. The summed E-state index contributed by atoms with van der Waals surface area (Å²) in [5.74, 6) is 0. The number of quaternary nitrogens is 1. The van der Waals surface area contributed by atoms with E-state index in [2.05, 4.69) is 209 Å². The van der Waals surface area contributed by atoms with Crippen molar-refractivity contribution in [2.45, 2.75) is 0 Å². The highest BCUT2D eigenvalue weighted by Crippen LogP contribution is 2.40. The van der Waals surface area contributed by atoms with Crippen LogP contribution in [0.15, 0.2) is 200 Å². The summed E-state index contributed by atoms with van der Waals surface area (Å²) >= 11 is 0. The Morgan fingerprint density at radius 1 is 0.275 bits per heavy atom. The van der Waals surface area contributed by atoms with Gasteiger partial charge in [-0.05, 0) is 102 Å². The van der Waals surface area contributed by atoms with Crippen LogP contribution in [0.2, 0.25) is 0 Å². The van der Waals surface area contributed by atoms with Crippen molar-refractivity contribution in [1.29, 1.82) is 0 Å². The van der Waals surface area contributed by atoms with Gasteiger partial charge in [0.2, 0.25) is 0 Å². The zero-order valence-electron chi connectivity index (χ0n) is 27.9. The molecule has 0 atom stereocenters. The third-order valence-electron chi connectivity index (χ3n) is 10.2. The minimum Gasteiger partial charge on any atom is -0.309 e. The van der Waals surface area contributed by atoms with Crippen molar-refractivity contribution in [3.05, 3.63) is 200 Å². The van der Waals surface area contributed by atoms with E-state index in [-0.39, 0.29) is 0 Å². The van der Waals surface area contributed by atoms with E-state index in [9.17, 15) is 0 Å². The lowest BCUT2D eigenvalue weighted by Gasteiger charge is -2.18. The predicted octanol–water partition coefficient (Wildman–Crippen LogP) is 11.7. The molecule has 0 bridgehead atoms. The molecule has 0 aliphatic rings. The zero-order valence-corrected chi connectivity index (χ0v) is 27.9. The highest BCUT2D eigenvalue weighted by molar-refractivity contribution is 6.19. The Labute approximate surface area is 296 Å². The van der Waals surface area contributed by atoms with Gasteiger partial charge in [0.1, 0.15) is 17.1 Å². The van der Waals surface area contributed by atoms with Crippen LogP contribution in [0.25, 0.3) is 66.1 Å². The van der Waals surface area contributed by atoms with E-state index in [1.54, 1.807) is 0 Å². The molecule has 10 aromatic rings. The number of hydrogen-bond donors (Lipinski definition) is 1. The van der Waals surface area contributed by atoms with Crippen LogP contribution in [0.4, 0.5) is 17.1 Å². The number of hydrogen-bond acceptors (Lipinski definition) is 0. The van der Waals surface area contributed by atoms with E-state index in [0.29, 0.717) is 0 Å². The molecule has 0 unspecified atom stereocenters. The van der Waals surface area contributed by atoms with Crippen molar-refractivity contribution in [2.24, 2.45) is 0 Å². The largest absolute Gasteiger partial charge is 0.309 e. The van der Waals surface area contributed by atoms with Crippen LogP contribution in [0.3, 0.4) is 0 Å². The van der Waals surface area contributed by atoms with E-state index in [1.807, 2.05) is 0 Å². The quantitative estimate of drug-likeness (QED) is 0.184. The maximum absolute atomic E-state index is 2.42. The molecular weight excluding hydrogens is 619 g/mol. The fraction of sp³-hybridized carbons (Fsp3) is 0. The molecule has 0 fully saturated rings. The summed E-state index contributed by atoms with van der Waals surface area (Å²) in [6.07, 6.45) is 0. The van der Waals surface area contributed by atoms with E-state index < -0.39 is 0 Å². The van der Waals surface area contributed by atoms with Gasteiger partial charge < -0.3 is 9.13 Å². The lowest BCUT2D eigenvalue weighted by molar-refractivity contribution is -0.681. The fourth-order valence-corrected chi connectivity index (χ4v) is 7.91. The third kappa shape index (κ3) is 4.86. The van der Waals surface area contributed by atoms with Gasteiger partial charge in [-0.1, -0.05) is 97.1 Å². The van der Waals surface area contributed by atoms with Gasteiger partial charge in [-0.3, -0.25) is 0 Å². The summed E-state index contributed by atoms with van der Waals surface area (Å²) in [7, 11) is 0. The van der Waals surface area contributed by atoms with Crippen molar-refractivity contribution < 1.29 is 4.90 Å². The third-order valence-corrected chi connectivity index (χ3v) is 10.2. The second-order valence-electron chi connectivity index (χ2n) is 13.2. The van der Waals surface area contributed by atoms with Crippen LogP contribution in [0.5, 0.6) is 0 Å². The van der Waals surface area contributed by atoms with E-state index in [1.165, 1.54) is 76.7 Å². The molecule has 1 N–H and O–H groups in total. The van der Waals surface area contributed by atoms with Crippen molar-refractivity contribution in [2.75, 3.05) is 0 Å². The maximum atomic E-state index is 2.42. The molecule has 10 rings (SSSR count). The Balaban J connectivity index is 1.18.